The summed E-state index contributed by atoms with van der Waals surface area (Å²) in [5.41, 5.74) is 1.69. The second-order valence-electron chi connectivity index (χ2n) is 5.34. The van der Waals surface area contributed by atoms with Crippen molar-refractivity contribution in [1.29, 1.82) is 0 Å². The minimum absolute atomic E-state index is 0. The monoisotopic (exact) mass is 298 g/mol. The first-order valence-electron chi connectivity index (χ1n) is 6.86. The molecule has 1 saturated heterocycles. The van der Waals surface area contributed by atoms with Crippen molar-refractivity contribution in [1.82, 2.24) is 10.6 Å². The van der Waals surface area contributed by atoms with Gasteiger partial charge in [-0.3, -0.25) is 4.79 Å². The average Bonchev–Trinajstić information content (AvgIpc) is 2.88. The molecule has 3 N–H and O–H groups in total. The third-order valence-electron chi connectivity index (χ3n) is 3.77. The number of hydrogen-bond acceptors (Lipinski definition) is 3. The lowest BCUT2D eigenvalue weighted by molar-refractivity contribution is -0.126. The van der Waals surface area contributed by atoms with Crippen molar-refractivity contribution in [3.8, 4) is 0 Å². The van der Waals surface area contributed by atoms with Gasteiger partial charge in [0.15, 0.2) is 0 Å². The van der Waals surface area contributed by atoms with Gasteiger partial charge in [0.2, 0.25) is 5.91 Å². The van der Waals surface area contributed by atoms with Crippen LogP contribution < -0.4 is 10.6 Å². The Morgan fingerprint density at radius 2 is 2.00 bits per heavy atom. The van der Waals surface area contributed by atoms with Crippen molar-refractivity contribution >= 4 is 18.3 Å². The normalized spacial score (nSPS) is 21.3. The number of amides is 1. The van der Waals surface area contributed by atoms with E-state index >= 15 is 0 Å². The Labute approximate surface area is 126 Å². The van der Waals surface area contributed by atoms with E-state index in [9.17, 15) is 4.79 Å². The third kappa shape index (κ3) is 4.20. The van der Waals surface area contributed by atoms with Gasteiger partial charge in [0, 0.05) is 6.54 Å². The molecule has 4 nitrogen and oxygen atoms in total. The maximum atomic E-state index is 12.1. The summed E-state index contributed by atoms with van der Waals surface area (Å²) in [6, 6.07) is 7.81. The van der Waals surface area contributed by atoms with E-state index in [0.717, 1.165) is 31.4 Å². The quantitative estimate of drug-likeness (QED) is 0.770. The number of hydrogen-bond donors (Lipinski definition) is 3. The number of halogens is 1. The molecule has 1 aliphatic heterocycles. The van der Waals surface area contributed by atoms with Crippen LogP contribution in [0, 0.1) is 0 Å². The maximum absolute atomic E-state index is 12.1. The van der Waals surface area contributed by atoms with Gasteiger partial charge in [0.1, 0.15) is 0 Å². The number of carbonyl (C=O) groups is 1. The highest BCUT2D eigenvalue weighted by Gasteiger charge is 2.35. The van der Waals surface area contributed by atoms with Gasteiger partial charge >= 0.3 is 0 Å². The molecule has 1 aliphatic rings. The van der Waals surface area contributed by atoms with Crippen LogP contribution in [0.2, 0.25) is 0 Å². The molecular formula is C15H23ClN2O2. The Bertz CT molecular complexity index is 428. The molecule has 0 aromatic heterocycles. The molecule has 0 saturated carbocycles. The number of aliphatic hydroxyl groups excluding tert-OH is 1. The van der Waals surface area contributed by atoms with E-state index < -0.39 is 0 Å². The van der Waals surface area contributed by atoms with Gasteiger partial charge in [-0.25, -0.2) is 0 Å². The molecule has 0 aliphatic carbocycles. The summed E-state index contributed by atoms with van der Waals surface area (Å²) in [7, 11) is 0. The lowest BCUT2D eigenvalue weighted by atomic mass is 9.99. The minimum atomic E-state index is -0.388. The van der Waals surface area contributed by atoms with Crippen molar-refractivity contribution in [3.05, 3.63) is 35.4 Å². The summed E-state index contributed by atoms with van der Waals surface area (Å²) in [5.74, 6) is 0.0944. The van der Waals surface area contributed by atoms with Gasteiger partial charge in [-0.15, -0.1) is 12.4 Å². The lowest BCUT2D eigenvalue weighted by Crippen LogP contribution is -2.51. The van der Waals surface area contributed by atoms with Crippen molar-refractivity contribution < 1.29 is 9.90 Å². The molecule has 1 aromatic rings. The van der Waals surface area contributed by atoms with Crippen molar-refractivity contribution in [2.24, 2.45) is 0 Å². The summed E-state index contributed by atoms with van der Waals surface area (Å²) < 4.78 is 0. The van der Waals surface area contributed by atoms with Gasteiger partial charge in [0.05, 0.1) is 12.1 Å². The third-order valence-corrected chi connectivity index (χ3v) is 3.77. The van der Waals surface area contributed by atoms with Crippen molar-refractivity contribution in [2.45, 2.75) is 38.3 Å². The number of aliphatic hydroxyl groups is 1. The van der Waals surface area contributed by atoms with E-state index in [1.165, 1.54) is 5.56 Å². The number of carbonyl (C=O) groups excluding carboxylic acids is 1. The average molecular weight is 299 g/mol. The second kappa shape index (κ2) is 7.62. The first-order valence-corrected chi connectivity index (χ1v) is 6.86. The van der Waals surface area contributed by atoms with E-state index in [1.54, 1.807) is 0 Å². The summed E-state index contributed by atoms with van der Waals surface area (Å²) >= 11 is 0. The van der Waals surface area contributed by atoms with E-state index in [1.807, 2.05) is 31.2 Å². The molecule has 0 bridgehead atoms. The Morgan fingerprint density at radius 3 is 2.55 bits per heavy atom. The molecule has 1 atom stereocenters. The zero-order chi connectivity index (χ0) is 13.7. The molecule has 1 aromatic carbocycles. The van der Waals surface area contributed by atoms with Gasteiger partial charge in [0.25, 0.3) is 0 Å². The number of rotatable bonds is 5. The van der Waals surface area contributed by atoms with Crippen LogP contribution in [0.1, 0.15) is 30.9 Å². The van der Waals surface area contributed by atoms with Gasteiger partial charge in [-0.05, 0) is 43.9 Å². The van der Waals surface area contributed by atoms with Crippen LogP contribution >= 0.6 is 12.4 Å². The molecule has 1 amide bonds. The number of benzene rings is 1. The fourth-order valence-electron chi connectivity index (χ4n) is 2.42. The van der Waals surface area contributed by atoms with Crippen LogP contribution in [0.3, 0.4) is 0 Å². The molecule has 1 fully saturated rings. The van der Waals surface area contributed by atoms with Crippen molar-refractivity contribution in [3.63, 3.8) is 0 Å². The maximum Gasteiger partial charge on any atom is 0.240 e. The van der Waals surface area contributed by atoms with Gasteiger partial charge in [-0.2, -0.15) is 0 Å². The van der Waals surface area contributed by atoms with Gasteiger partial charge in [-0.1, -0.05) is 24.3 Å². The van der Waals surface area contributed by atoms with E-state index in [2.05, 4.69) is 10.6 Å². The summed E-state index contributed by atoms with van der Waals surface area (Å²) in [6.07, 6.45) is 2.78. The predicted octanol–water partition coefficient (Wildman–Crippen LogP) is 1.40. The zero-order valence-electron chi connectivity index (χ0n) is 11.8. The highest BCUT2D eigenvalue weighted by Crippen LogP contribution is 2.18. The first kappa shape index (κ1) is 17.0. The summed E-state index contributed by atoms with van der Waals surface area (Å²) in [4.78, 5) is 12.1. The standard InChI is InChI=1S/C15H22N2O2.ClH/c1-15(8-2-9-17-15)14(19)16-10-7-12-3-5-13(11-18)6-4-12;/h3-6,17-18H,2,7-11H2,1H3,(H,16,19);1H. The lowest BCUT2D eigenvalue weighted by Gasteiger charge is -2.23. The topological polar surface area (TPSA) is 61.4 Å². The molecule has 0 spiro atoms. The Morgan fingerprint density at radius 1 is 1.35 bits per heavy atom. The van der Waals surface area contributed by atoms with Crippen LogP contribution in [-0.2, 0) is 17.8 Å². The molecule has 5 heteroatoms. The Hall–Kier alpha value is -1.10. The van der Waals surface area contributed by atoms with Crippen LogP contribution in [0.15, 0.2) is 24.3 Å². The molecule has 1 unspecified atom stereocenters. The van der Waals surface area contributed by atoms with Crippen molar-refractivity contribution in [2.75, 3.05) is 13.1 Å². The zero-order valence-corrected chi connectivity index (χ0v) is 12.6. The highest BCUT2D eigenvalue weighted by atomic mass is 35.5. The van der Waals surface area contributed by atoms with Gasteiger partial charge < -0.3 is 15.7 Å². The minimum Gasteiger partial charge on any atom is -0.392 e. The van der Waals surface area contributed by atoms with Crippen LogP contribution in [0.5, 0.6) is 0 Å². The first-order chi connectivity index (χ1) is 9.14. The fourth-order valence-corrected chi connectivity index (χ4v) is 2.42. The van der Waals surface area contributed by atoms with E-state index in [-0.39, 0.29) is 30.5 Å². The van der Waals surface area contributed by atoms with Crippen LogP contribution in [0.25, 0.3) is 0 Å². The van der Waals surface area contributed by atoms with E-state index in [4.69, 9.17) is 5.11 Å². The summed E-state index contributed by atoms with van der Waals surface area (Å²) in [5, 5.41) is 15.2. The molecule has 0 radical (unpaired) electrons. The highest BCUT2D eigenvalue weighted by molar-refractivity contribution is 5.86. The Balaban J connectivity index is 0.00000200. The smallest absolute Gasteiger partial charge is 0.240 e. The molecule has 1 heterocycles. The molecule has 2 rings (SSSR count). The van der Waals surface area contributed by atoms with Crippen LogP contribution in [-0.4, -0.2) is 29.6 Å². The van der Waals surface area contributed by atoms with Crippen LogP contribution in [0.4, 0.5) is 0 Å². The fraction of sp³-hybridized carbons (Fsp3) is 0.533. The summed E-state index contributed by atoms with van der Waals surface area (Å²) in [6.45, 7) is 3.60. The molecular weight excluding hydrogens is 276 g/mol. The molecule has 112 valence electrons. The SMILES string of the molecule is CC1(C(=O)NCCc2ccc(CO)cc2)CCCN1.Cl. The predicted molar refractivity (Wildman–Crippen MR) is 82.0 cm³/mol. The largest absolute Gasteiger partial charge is 0.392 e. The number of nitrogens with one attached hydrogen (secondary N) is 2. The Kier molecular flexibility index (Phi) is 6.46. The second-order valence-corrected chi connectivity index (χ2v) is 5.34. The molecule has 20 heavy (non-hydrogen) atoms. The van der Waals surface area contributed by atoms with E-state index in [0.29, 0.717) is 6.54 Å².